The molecule has 0 saturated carbocycles. The number of ether oxygens (including phenoxy) is 1. The molecule has 0 radical (unpaired) electrons. The Morgan fingerprint density at radius 2 is 1.72 bits per heavy atom. The molecule has 0 aliphatic heterocycles. The minimum atomic E-state index is -0.299. The van der Waals surface area contributed by atoms with E-state index in [2.05, 4.69) is 24.1 Å². The molecule has 0 heterocycles. The van der Waals surface area contributed by atoms with Gasteiger partial charge >= 0.3 is 0 Å². The highest BCUT2D eigenvalue weighted by atomic mass is 16.5. The standard InChI is InChI=1S/C21H28N2O2/c1-4-14-23(15-5-2)20(17-10-7-6-8-11-17)21(24)22-18-12-9-13-19(16-18)25-3/h6-13,16,20H,4-5,14-15H2,1-3H3,(H,22,24)/t20-/m0/s1. The summed E-state index contributed by atoms with van der Waals surface area (Å²) >= 11 is 0. The van der Waals surface area contributed by atoms with Gasteiger partial charge in [-0.2, -0.15) is 0 Å². The molecule has 134 valence electrons. The third-order valence-electron chi connectivity index (χ3n) is 4.09. The highest BCUT2D eigenvalue weighted by Gasteiger charge is 2.26. The van der Waals surface area contributed by atoms with Crippen molar-refractivity contribution in [1.82, 2.24) is 4.90 Å². The Balaban J connectivity index is 2.28. The Bertz CT molecular complexity index is 652. The minimum absolute atomic E-state index is 0.0126. The van der Waals surface area contributed by atoms with Gasteiger partial charge in [-0.05, 0) is 43.6 Å². The van der Waals surface area contributed by atoms with Crippen LogP contribution in [-0.4, -0.2) is 31.0 Å². The summed E-state index contributed by atoms with van der Waals surface area (Å²) in [6.45, 7) is 6.06. The monoisotopic (exact) mass is 340 g/mol. The molecule has 0 saturated heterocycles. The fourth-order valence-electron chi connectivity index (χ4n) is 3.02. The summed E-state index contributed by atoms with van der Waals surface area (Å²) in [6.07, 6.45) is 2.02. The van der Waals surface area contributed by atoms with Gasteiger partial charge in [-0.1, -0.05) is 50.2 Å². The second-order valence-corrected chi connectivity index (χ2v) is 6.07. The van der Waals surface area contributed by atoms with Crippen molar-refractivity contribution in [2.75, 3.05) is 25.5 Å². The van der Waals surface area contributed by atoms with Crippen LogP contribution in [0.1, 0.15) is 38.3 Å². The lowest BCUT2D eigenvalue weighted by atomic mass is 10.0. The van der Waals surface area contributed by atoms with Gasteiger partial charge in [0.15, 0.2) is 0 Å². The number of nitrogens with zero attached hydrogens (tertiary/aromatic N) is 1. The first-order valence-electron chi connectivity index (χ1n) is 8.93. The first-order valence-corrected chi connectivity index (χ1v) is 8.93. The van der Waals surface area contributed by atoms with E-state index in [-0.39, 0.29) is 11.9 Å². The largest absolute Gasteiger partial charge is 0.497 e. The van der Waals surface area contributed by atoms with Crippen LogP contribution in [-0.2, 0) is 4.79 Å². The number of hydrogen-bond acceptors (Lipinski definition) is 3. The molecule has 25 heavy (non-hydrogen) atoms. The number of benzene rings is 2. The second-order valence-electron chi connectivity index (χ2n) is 6.07. The summed E-state index contributed by atoms with van der Waals surface area (Å²) in [7, 11) is 1.62. The van der Waals surface area contributed by atoms with E-state index in [4.69, 9.17) is 4.74 Å². The predicted octanol–water partition coefficient (Wildman–Crippen LogP) is 4.50. The van der Waals surface area contributed by atoms with E-state index >= 15 is 0 Å². The maximum absolute atomic E-state index is 13.1. The highest BCUT2D eigenvalue weighted by molar-refractivity contribution is 5.95. The molecule has 1 amide bonds. The molecular weight excluding hydrogens is 312 g/mol. The van der Waals surface area contributed by atoms with E-state index < -0.39 is 0 Å². The fourth-order valence-corrected chi connectivity index (χ4v) is 3.02. The van der Waals surface area contributed by atoms with Crippen molar-refractivity contribution in [1.29, 1.82) is 0 Å². The lowest BCUT2D eigenvalue weighted by molar-refractivity contribution is -0.121. The van der Waals surface area contributed by atoms with E-state index in [9.17, 15) is 4.79 Å². The van der Waals surface area contributed by atoms with E-state index in [1.54, 1.807) is 7.11 Å². The van der Waals surface area contributed by atoms with Gasteiger partial charge in [0.1, 0.15) is 11.8 Å². The molecule has 4 nitrogen and oxygen atoms in total. The second kappa shape index (κ2) is 9.84. The van der Waals surface area contributed by atoms with Crippen molar-refractivity contribution in [3.63, 3.8) is 0 Å². The van der Waals surface area contributed by atoms with Gasteiger partial charge in [0.25, 0.3) is 0 Å². The van der Waals surface area contributed by atoms with Crippen molar-refractivity contribution >= 4 is 11.6 Å². The van der Waals surface area contributed by atoms with E-state index in [1.165, 1.54) is 0 Å². The molecule has 1 N–H and O–H groups in total. The normalized spacial score (nSPS) is 12.0. The SMILES string of the molecule is CCCN(CCC)[C@H](C(=O)Nc1cccc(OC)c1)c1ccccc1. The lowest BCUT2D eigenvalue weighted by Crippen LogP contribution is -2.38. The molecule has 4 heteroatoms. The fraction of sp³-hybridized carbons (Fsp3) is 0.381. The van der Waals surface area contributed by atoms with Gasteiger partial charge in [0.05, 0.1) is 7.11 Å². The van der Waals surface area contributed by atoms with Gasteiger partial charge in [-0.25, -0.2) is 0 Å². The lowest BCUT2D eigenvalue weighted by Gasteiger charge is -2.30. The van der Waals surface area contributed by atoms with Crippen LogP contribution >= 0.6 is 0 Å². The molecular formula is C21H28N2O2. The first-order chi connectivity index (χ1) is 12.2. The third kappa shape index (κ3) is 5.33. The number of methoxy groups -OCH3 is 1. The molecule has 0 unspecified atom stereocenters. The van der Waals surface area contributed by atoms with Crippen molar-refractivity contribution in [3.8, 4) is 5.75 Å². The number of hydrogen-bond donors (Lipinski definition) is 1. The van der Waals surface area contributed by atoms with Gasteiger partial charge in [0, 0.05) is 11.8 Å². The topological polar surface area (TPSA) is 41.6 Å². The van der Waals surface area contributed by atoms with E-state index in [1.807, 2.05) is 54.6 Å². The predicted molar refractivity (Wildman–Crippen MR) is 103 cm³/mol. The Morgan fingerprint density at radius 1 is 1.04 bits per heavy atom. The smallest absolute Gasteiger partial charge is 0.246 e. The zero-order valence-corrected chi connectivity index (χ0v) is 15.4. The summed E-state index contributed by atoms with van der Waals surface area (Å²) < 4.78 is 5.24. The van der Waals surface area contributed by atoms with Crippen molar-refractivity contribution in [2.45, 2.75) is 32.7 Å². The van der Waals surface area contributed by atoms with Crippen LogP contribution in [0.4, 0.5) is 5.69 Å². The van der Waals surface area contributed by atoms with Gasteiger partial charge in [-0.3, -0.25) is 9.69 Å². The molecule has 0 bridgehead atoms. The summed E-state index contributed by atoms with van der Waals surface area (Å²) in [5.74, 6) is 0.717. The Hall–Kier alpha value is -2.33. The average molecular weight is 340 g/mol. The summed E-state index contributed by atoms with van der Waals surface area (Å²) in [4.78, 5) is 15.4. The molecule has 1 atom stereocenters. The summed E-state index contributed by atoms with van der Waals surface area (Å²) in [6, 6.07) is 17.1. The maximum atomic E-state index is 13.1. The van der Waals surface area contributed by atoms with Crippen LogP contribution < -0.4 is 10.1 Å². The molecule has 0 aliphatic carbocycles. The first kappa shape index (κ1) is 19.0. The third-order valence-corrected chi connectivity index (χ3v) is 4.09. The van der Waals surface area contributed by atoms with Crippen LogP contribution in [0, 0.1) is 0 Å². The summed E-state index contributed by atoms with van der Waals surface area (Å²) in [5, 5.41) is 3.05. The van der Waals surface area contributed by atoms with Crippen molar-refractivity contribution in [3.05, 3.63) is 60.2 Å². The summed E-state index contributed by atoms with van der Waals surface area (Å²) in [5.41, 5.74) is 1.77. The molecule has 0 spiro atoms. The Kier molecular flexibility index (Phi) is 7.48. The molecule has 2 aromatic rings. The molecule has 2 aromatic carbocycles. The van der Waals surface area contributed by atoms with Crippen LogP contribution in [0.15, 0.2) is 54.6 Å². The molecule has 0 aliphatic rings. The van der Waals surface area contributed by atoms with Crippen molar-refractivity contribution < 1.29 is 9.53 Å². The highest BCUT2D eigenvalue weighted by Crippen LogP contribution is 2.25. The van der Waals surface area contributed by atoms with Crippen LogP contribution in [0.25, 0.3) is 0 Å². The van der Waals surface area contributed by atoms with Crippen LogP contribution in [0.5, 0.6) is 5.75 Å². The quantitative estimate of drug-likeness (QED) is 0.731. The molecule has 0 fully saturated rings. The number of carbonyl (C=O) groups excluding carboxylic acids is 1. The Labute approximate surface area is 150 Å². The number of rotatable bonds is 9. The van der Waals surface area contributed by atoms with Gasteiger partial charge in [0.2, 0.25) is 5.91 Å². The van der Waals surface area contributed by atoms with Crippen molar-refractivity contribution in [2.24, 2.45) is 0 Å². The number of carbonyl (C=O) groups is 1. The zero-order valence-electron chi connectivity index (χ0n) is 15.4. The van der Waals surface area contributed by atoms with Crippen LogP contribution in [0.2, 0.25) is 0 Å². The minimum Gasteiger partial charge on any atom is -0.497 e. The number of anilines is 1. The van der Waals surface area contributed by atoms with Gasteiger partial charge < -0.3 is 10.1 Å². The maximum Gasteiger partial charge on any atom is 0.246 e. The Morgan fingerprint density at radius 3 is 2.32 bits per heavy atom. The van der Waals surface area contributed by atoms with Gasteiger partial charge in [-0.15, -0.1) is 0 Å². The molecule has 0 aromatic heterocycles. The van der Waals surface area contributed by atoms with E-state index in [0.717, 1.165) is 42.9 Å². The average Bonchev–Trinajstić information content (AvgIpc) is 2.63. The zero-order chi connectivity index (χ0) is 18.1. The molecule has 2 rings (SSSR count). The van der Waals surface area contributed by atoms with Crippen LogP contribution in [0.3, 0.4) is 0 Å². The van der Waals surface area contributed by atoms with E-state index in [0.29, 0.717) is 0 Å². The number of amides is 1. The number of nitrogens with one attached hydrogen (secondary N) is 1.